The number of para-hydroxylation sites is 1. The maximum absolute atomic E-state index is 11.9. The highest BCUT2D eigenvalue weighted by molar-refractivity contribution is 5.94. The van der Waals surface area contributed by atoms with Gasteiger partial charge in [-0.05, 0) is 23.8 Å². The summed E-state index contributed by atoms with van der Waals surface area (Å²) >= 11 is 0. The average molecular weight is 341 g/mol. The summed E-state index contributed by atoms with van der Waals surface area (Å²) in [4.78, 5) is 33.3. The highest BCUT2D eigenvalue weighted by Crippen LogP contribution is 2.19. The highest BCUT2D eigenvalue weighted by atomic mass is 16.6. The standard InChI is InChI=1S/C18H15NO6/c1-24-18(21)15(9-13-5-4-7-16(10-13)19(22)23)12-25-17-8-3-2-6-14(17)11-20/h2-11H,12H2,1H3/b15-9+. The SMILES string of the molecule is COC(=O)/C(=C/c1cccc([N+](=O)[O-])c1)COc1ccccc1C=O. The molecule has 0 heterocycles. The largest absolute Gasteiger partial charge is 0.488 e. The molecule has 0 unspecified atom stereocenters. The molecule has 2 aromatic rings. The van der Waals surface area contributed by atoms with Crippen LogP contribution in [0.5, 0.6) is 5.75 Å². The van der Waals surface area contributed by atoms with E-state index in [0.717, 1.165) is 0 Å². The summed E-state index contributed by atoms with van der Waals surface area (Å²) in [5.74, 6) is -0.304. The fourth-order valence-corrected chi connectivity index (χ4v) is 2.08. The van der Waals surface area contributed by atoms with Crippen LogP contribution >= 0.6 is 0 Å². The second-order valence-corrected chi connectivity index (χ2v) is 4.96. The molecule has 0 aliphatic carbocycles. The molecule has 2 rings (SSSR count). The number of ether oxygens (including phenoxy) is 2. The van der Waals surface area contributed by atoms with Gasteiger partial charge >= 0.3 is 5.97 Å². The van der Waals surface area contributed by atoms with Crippen molar-refractivity contribution in [3.05, 3.63) is 75.3 Å². The van der Waals surface area contributed by atoms with E-state index in [1.165, 1.54) is 31.4 Å². The first-order chi connectivity index (χ1) is 12.0. The Balaban J connectivity index is 2.27. The fraction of sp³-hybridized carbons (Fsp3) is 0.111. The number of non-ortho nitro benzene ring substituents is 1. The number of hydrogen-bond donors (Lipinski definition) is 0. The van der Waals surface area contributed by atoms with Crippen LogP contribution in [0.15, 0.2) is 54.1 Å². The van der Waals surface area contributed by atoms with E-state index in [1.54, 1.807) is 30.3 Å². The molecule has 7 heteroatoms. The molecule has 128 valence electrons. The zero-order valence-electron chi connectivity index (χ0n) is 13.4. The van der Waals surface area contributed by atoms with Gasteiger partial charge in [0.05, 0.1) is 23.2 Å². The predicted molar refractivity (Wildman–Crippen MR) is 90.4 cm³/mol. The van der Waals surface area contributed by atoms with Crippen molar-refractivity contribution < 1.29 is 24.0 Å². The summed E-state index contributed by atoms with van der Waals surface area (Å²) in [6.45, 7) is -0.153. The maximum atomic E-state index is 11.9. The van der Waals surface area contributed by atoms with Crippen LogP contribution < -0.4 is 4.74 Å². The molecule has 2 aromatic carbocycles. The molecular weight excluding hydrogens is 326 g/mol. The number of nitrogens with zero attached hydrogens (tertiary/aromatic N) is 1. The number of hydrogen-bond acceptors (Lipinski definition) is 6. The van der Waals surface area contributed by atoms with Gasteiger partial charge in [0.2, 0.25) is 0 Å². The van der Waals surface area contributed by atoms with Crippen LogP contribution in [0.2, 0.25) is 0 Å². The number of nitro groups is 1. The van der Waals surface area contributed by atoms with Crippen LogP contribution in [0, 0.1) is 10.1 Å². The molecule has 0 N–H and O–H groups in total. The molecule has 0 spiro atoms. The number of nitro benzene ring substituents is 1. The van der Waals surface area contributed by atoms with Gasteiger partial charge in [-0.1, -0.05) is 24.3 Å². The molecular formula is C18H15NO6. The Bertz CT molecular complexity index is 828. The van der Waals surface area contributed by atoms with E-state index in [4.69, 9.17) is 9.47 Å². The molecule has 0 saturated heterocycles. The van der Waals surface area contributed by atoms with Crippen molar-refractivity contribution in [3.8, 4) is 5.75 Å². The van der Waals surface area contributed by atoms with E-state index in [9.17, 15) is 19.7 Å². The molecule has 0 aliphatic heterocycles. The van der Waals surface area contributed by atoms with Crippen molar-refractivity contribution in [2.75, 3.05) is 13.7 Å². The van der Waals surface area contributed by atoms with Crippen molar-refractivity contribution in [1.82, 2.24) is 0 Å². The number of esters is 1. The molecule has 0 fully saturated rings. The van der Waals surface area contributed by atoms with Gasteiger partial charge in [-0.15, -0.1) is 0 Å². The lowest BCUT2D eigenvalue weighted by Gasteiger charge is -2.10. The zero-order chi connectivity index (χ0) is 18.2. The van der Waals surface area contributed by atoms with Crippen LogP contribution in [0.1, 0.15) is 15.9 Å². The first-order valence-corrected chi connectivity index (χ1v) is 7.25. The Hall–Kier alpha value is -3.48. The van der Waals surface area contributed by atoms with E-state index < -0.39 is 10.9 Å². The van der Waals surface area contributed by atoms with Gasteiger partial charge in [-0.25, -0.2) is 4.79 Å². The highest BCUT2D eigenvalue weighted by Gasteiger charge is 2.13. The van der Waals surface area contributed by atoms with Gasteiger partial charge in [-0.3, -0.25) is 14.9 Å². The zero-order valence-corrected chi connectivity index (χ0v) is 13.4. The topological polar surface area (TPSA) is 95.7 Å². The molecule has 0 saturated carbocycles. The Morgan fingerprint density at radius 2 is 1.96 bits per heavy atom. The van der Waals surface area contributed by atoms with E-state index in [1.807, 2.05) is 0 Å². The molecule has 7 nitrogen and oxygen atoms in total. The Morgan fingerprint density at radius 1 is 1.20 bits per heavy atom. The van der Waals surface area contributed by atoms with Gasteiger partial charge in [0.15, 0.2) is 6.29 Å². The summed E-state index contributed by atoms with van der Waals surface area (Å²) in [5.41, 5.74) is 0.873. The molecule has 25 heavy (non-hydrogen) atoms. The Labute approximate surface area is 143 Å². The van der Waals surface area contributed by atoms with Crippen molar-refractivity contribution in [3.63, 3.8) is 0 Å². The summed E-state index contributed by atoms with van der Waals surface area (Å²) in [6, 6.07) is 12.4. The van der Waals surface area contributed by atoms with Crippen molar-refractivity contribution in [2.45, 2.75) is 0 Å². The van der Waals surface area contributed by atoms with Crippen LogP contribution in [-0.2, 0) is 9.53 Å². The number of benzene rings is 2. The Kier molecular flexibility index (Phi) is 6.00. The molecule has 0 aromatic heterocycles. The first kappa shape index (κ1) is 17.9. The quantitative estimate of drug-likeness (QED) is 0.252. The third kappa shape index (κ3) is 4.74. The summed E-state index contributed by atoms with van der Waals surface area (Å²) < 4.78 is 10.2. The van der Waals surface area contributed by atoms with E-state index in [-0.39, 0.29) is 17.9 Å². The molecule has 0 amide bonds. The monoisotopic (exact) mass is 341 g/mol. The minimum absolute atomic E-state index is 0.0924. The van der Waals surface area contributed by atoms with Crippen LogP contribution in [0.3, 0.4) is 0 Å². The normalized spacial score (nSPS) is 10.8. The number of carbonyl (C=O) groups excluding carboxylic acids is 2. The van der Waals surface area contributed by atoms with Crippen LogP contribution in [0.25, 0.3) is 6.08 Å². The minimum atomic E-state index is -0.630. The summed E-state index contributed by atoms with van der Waals surface area (Å²) in [6.07, 6.45) is 2.10. The third-order valence-electron chi connectivity index (χ3n) is 3.30. The van der Waals surface area contributed by atoms with E-state index in [0.29, 0.717) is 23.2 Å². The van der Waals surface area contributed by atoms with Gasteiger partial charge in [0, 0.05) is 12.1 Å². The van der Waals surface area contributed by atoms with Crippen LogP contribution in [0.4, 0.5) is 5.69 Å². The van der Waals surface area contributed by atoms with E-state index in [2.05, 4.69) is 0 Å². The van der Waals surface area contributed by atoms with Crippen molar-refractivity contribution >= 4 is 24.0 Å². The molecule has 0 radical (unpaired) electrons. The number of rotatable bonds is 7. The summed E-state index contributed by atoms with van der Waals surface area (Å²) in [5, 5.41) is 10.8. The van der Waals surface area contributed by atoms with Crippen molar-refractivity contribution in [2.24, 2.45) is 0 Å². The lowest BCUT2D eigenvalue weighted by Crippen LogP contribution is -2.13. The smallest absolute Gasteiger partial charge is 0.337 e. The molecule has 0 aliphatic rings. The lowest BCUT2D eigenvalue weighted by atomic mass is 10.1. The third-order valence-corrected chi connectivity index (χ3v) is 3.30. The van der Waals surface area contributed by atoms with Crippen LogP contribution in [-0.4, -0.2) is 30.9 Å². The van der Waals surface area contributed by atoms with Gasteiger partial charge in [0.25, 0.3) is 5.69 Å². The van der Waals surface area contributed by atoms with E-state index >= 15 is 0 Å². The number of carbonyl (C=O) groups is 2. The van der Waals surface area contributed by atoms with Gasteiger partial charge in [0.1, 0.15) is 12.4 Å². The average Bonchev–Trinajstić information content (AvgIpc) is 2.64. The second kappa shape index (κ2) is 8.39. The maximum Gasteiger partial charge on any atom is 0.337 e. The minimum Gasteiger partial charge on any atom is -0.488 e. The number of aldehydes is 1. The summed E-state index contributed by atoms with van der Waals surface area (Å²) in [7, 11) is 1.23. The lowest BCUT2D eigenvalue weighted by molar-refractivity contribution is -0.384. The van der Waals surface area contributed by atoms with Gasteiger partial charge in [-0.2, -0.15) is 0 Å². The Morgan fingerprint density at radius 3 is 2.64 bits per heavy atom. The predicted octanol–water partition coefficient (Wildman–Crippen LogP) is 3.04. The molecule has 0 atom stereocenters. The van der Waals surface area contributed by atoms with Gasteiger partial charge < -0.3 is 9.47 Å². The first-order valence-electron chi connectivity index (χ1n) is 7.25. The second-order valence-electron chi connectivity index (χ2n) is 4.96. The molecule has 0 bridgehead atoms. The fourth-order valence-electron chi connectivity index (χ4n) is 2.08. The van der Waals surface area contributed by atoms with Crippen molar-refractivity contribution in [1.29, 1.82) is 0 Å². The number of methoxy groups -OCH3 is 1.